The quantitative estimate of drug-likeness (QED) is 0.689. The summed E-state index contributed by atoms with van der Waals surface area (Å²) in [5, 5.41) is 11.7. The van der Waals surface area contributed by atoms with Crippen LogP contribution in [0.2, 0.25) is 0 Å². The summed E-state index contributed by atoms with van der Waals surface area (Å²) in [6.45, 7) is 11.1. The number of carbonyl (C=O) groups excluding carboxylic acids is 1. The Kier molecular flexibility index (Phi) is 7.59. The number of hydrogen-bond donors (Lipinski definition) is 2. The fraction of sp³-hybridized carbons (Fsp3) is 0.846. The molecule has 2 N–H and O–H groups in total. The van der Waals surface area contributed by atoms with Crippen LogP contribution in [0.5, 0.6) is 0 Å². The molecule has 106 valence electrons. The molecule has 0 rings (SSSR count). The largest absolute Gasteiger partial charge is 0.480 e. The van der Waals surface area contributed by atoms with E-state index in [1.807, 2.05) is 25.7 Å². The summed E-state index contributed by atoms with van der Waals surface area (Å²) in [5.41, 5.74) is 0. The summed E-state index contributed by atoms with van der Waals surface area (Å²) in [6.07, 6.45) is 0.679. The van der Waals surface area contributed by atoms with Crippen LogP contribution >= 0.6 is 0 Å². The van der Waals surface area contributed by atoms with Crippen LogP contribution in [0.3, 0.4) is 0 Å². The highest BCUT2D eigenvalue weighted by atomic mass is 16.4. The van der Waals surface area contributed by atoms with Crippen molar-refractivity contribution in [3.8, 4) is 0 Å². The lowest BCUT2D eigenvalue weighted by Gasteiger charge is -2.29. The highest BCUT2D eigenvalue weighted by molar-refractivity contribution is 5.87. The van der Waals surface area contributed by atoms with Gasteiger partial charge in [0.2, 0.25) is 5.91 Å². The van der Waals surface area contributed by atoms with Crippen molar-refractivity contribution in [2.24, 2.45) is 5.92 Å². The van der Waals surface area contributed by atoms with Crippen LogP contribution in [0.4, 0.5) is 0 Å². The van der Waals surface area contributed by atoms with Gasteiger partial charge in [-0.1, -0.05) is 34.6 Å². The van der Waals surface area contributed by atoms with Crippen molar-refractivity contribution in [3.63, 3.8) is 0 Å². The van der Waals surface area contributed by atoms with Crippen LogP contribution in [-0.4, -0.2) is 47.1 Å². The highest BCUT2D eigenvalue weighted by Crippen LogP contribution is 2.07. The summed E-state index contributed by atoms with van der Waals surface area (Å²) in [4.78, 5) is 25.2. The molecule has 0 spiro atoms. The van der Waals surface area contributed by atoms with Crippen LogP contribution in [0, 0.1) is 5.92 Å². The molecule has 5 nitrogen and oxygen atoms in total. The Labute approximate surface area is 110 Å². The zero-order valence-corrected chi connectivity index (χ0v) is 12.1. The minimum atomic E-state index is -0.979. The molecule has 2 atom stereocenters. The number of nitrogens with zero attached hydrogens (tertiary/aromatic N) is 1. The molecule has 0 aromatic carbocycles. The second-order valence-corrected chi connectivity index (χ2v) is 4.71. The summed E-state index contributed by atoms with van der Waals surface area (Å²) < 4.78 is 0. The molecule has 0 aromatic rings. The maximum absolute atomic E-state index is 12.1. The maximum atomic E-state index is 12.1. The van der Waals surface area contributed by atoms with Crippen LogP contribution in [-0.2, 0) is 9.59 Å². The second kappa shape index (κ2) is 8.08. The van der Waals surface area contributed by atoms with Gasteiger partial charge in [0, 0.05) is 0 Å². The molecular weight excluding hydrogens is 232 g/mol. The Bertz CT molecular complexity index is 275. The van der Waals surface area contributed by atoms with Gasteiger partial charge in [0.1, 0.15) is 6.04 Å². The van der Waals surface area contributed by atoms with E-state index in [1.54, 1.807) is 13.8 Å². The smallest absolute Gasteiger partial charge is 0.326 e. The van der Waals surface area contributed by atoms with Gasteiger partial charge in [-0.15, -0.1) is 0 Å². The molecule has 1 amide bonds. The van der Waals surface area contributed by atoms with Crippen molar-refractivity contribution in [2.45, 2.75) is 53.1 Å². The standard InChI is InChI=1S/C13H26N2O3/c1-6-10(15(7-2)8-3)12(16)14-11(9(4)5)13(17)18/h9-11H,6-8H2,1-5H3,(H,14,16)(H,17,18)/t10?,11-/m0/s1. The Morgan fingerprint density at radius 2 is 1.67 bits per heavy atom. The van der Waals surface area contributed by atoms with Crippen LogP contribution < -0.4 is 5.32 Å². The molecule has 0 heterocycles. The third kappa shape index (κ3) is 4.64. The average molecular weight is 258 g/mol. The van der Waals surface area contributed by atoms with E-state index in [0.29, 0.717) is 6.42 Å². The number of rotatable bonds is 8. The Morgan fingerprint density at radius 1 is 1.17 bits per heavy atom. The molecule has 0 aromatic heterocycles. The number of carboxylic acid groups (broad SMARTS) is 1. The predicted octanol–water partition coefficient (Wildman–Crippen LogP) is 1.33. The van der Waals surface area contributed by atoms with Gasteiger partial charge in [-0.05, 0) is 25.4 Å². The molecule has 0 bridgehead atoms. The van der Waals surface area contributed by atoms with Crippen LogP contribution in [0.1, 0.15) is 41.0 Å². The van der Waals surface area contributed by atoms with Crippen molar-refractivity contribution in [1.82, 2.24) is 10.2 Å². The number of carbonyl (C=O) groups is 2. The Hall–Kier alpha value is -1.10. The van der Waals surface area contributed by atoms with Crippen molar-refractivity contribution in [2.75, 3.05) is 13.1 Å². The lowest BCUT2D eigenvalue weighted by molar-refractivity contribution is -0.144. The number of nitrogens with one attached hydrogen (secondary N) is 1. The monoisotopic (exact) mass is 258 g/mol. The lowest BCUT2D eigenvalue weighted by atomic mass is 10.0. The van der Waals surface area contributed by atoms with E-state index in [0.717, 1.165) is 13.1 Å². The van der Waals surface area contributed by atoms with E-state index >= 15 is 0 Å². The molecule has 0 aliphatic rings. The summed E-state index contributed by atoms with van der Waals surface area (Å²) in [6, 6.07) is -1.07. The van der Waals surface area contributed by atoms with Crippen molar-refractivity contribution in [3.05, 3.63) is 0 Å². The first-order valence-electron chi connectivity index (χ1n) is 6.66. The molecule has 0 saturated heterocycles. The Balaban J connectivity index is 4.74. The molecule has 0 radical (unpaired) electrons. The van der Waals surface area contributed by atoms with Gasteiger partial charge < -0.3 is 10.4 Å². The van der Waals surface area contributed by atoms with E-state index in [1.165, 1.54) is 0 Å². The minimum absolute atomic E-state index is 0.124. The van der Waals surface area contributed by atoms with E-state index in [-0.39, 0.29) is 17.9 Å². The molecule has 18 heavy (non-hydrogen) atoms. The first kappa shape index (κ1) is 16.9. The van der Waals surface area contributed by atoms with Gasteiger partial charge in [-0.2, -0.15) is 0 Å². The van der Waals surface area contributed by atoms with Crippen LogP contribution in [0.25, 0.3) is 0 Å². The number of aliphatic carboxylic acids is 1. The number of carboxylic acids is 1. The van der Waals surface area contributed by atoms with Gasteiger partial charge in [0.25, 0.3) is 0 Å². The Morgan fingerprint density at radius 3 is 1.94 bits per heavy atom. The van der Waals surface area contributed by atoms with Crippen molar-refractivity contribution >= 4 is 11.9 Å². The SMILES string of the molecule is CCC(C(=O)N[C@H](C(=O)O)C(C)C)N(CC)CC. The highest BCUT2D eigenvalue weighted by Gasteiger charge is 2.28. The van der Waals surface area contributed by atoms with E-state index in [4.69, 9.17) is 5.11 Å². The van der Waals surface area contributed by atoms with Crippen molar-refractivity contribution in [1.29, 1.82) is 0 Å². The number of amides is 1. The fourth-order valence-corrected chi connectivity index (χ4v) is 2.04. The summed E-state index contributed by atoms with van der Waals surface area (Å²) in [7, 11) is 0. The predicted molar refractivity (Wildman–Crippen MR) is 71.4 cm³/mol. The first-order chi connectivity index (χ1) is 8.38. The summed E-state index contributed by atoms with van der Waals surface area (Å²) in [5.74, 6) is -1.30. The fourth-order valence-electron chi connectivity index (χ4n) is 2.04. The lowest BCUT2D eigenvalue weighted by Crippen LogP contribution is -2.52. The van der Waals surface area contributed by atoms with Gasteiger partial charge in [-0.25, -0.2) is 4.79 Å². The van der Waals surface area contributed by atoms with E-state index < -0.39 is 12.0 Å². The van der Waals surface area contributed by atoms with E-state index in [9.17, 15) is 9.59 Å². The normalized spacial score (nSPS) is 14.6. The molecular formula is C13H26N2O3. The minimum Gasteiger partial charge on any atom is -0.480 e. The van der Waals surface area contributed by atoms with Crippen LogP contribution in [0.15, 0.2) is 0 Å². The maximum Gasteiger partial charge on any atom is 0.326 e. The van der Waals surface area contributed by atoms with Gasteiger partial charge in [0.15, 0.2) is 0 Å². The zero-order chi connectivity index (χ0) is 14.3. The average Bonchev–Trinajstić information content (AvgIpc) is 2.31. The number of hydrogen-bond acceptors (Lipinski definition) is 3. The third-order valence-electron chi connectivity index (χ3n) is 3.17. The second-order valence-electron chi connectivity index (χ2n) is 4.71. The first-order valence-corrected chi connectivity index (χ1v) is 6.66. The summed E-state index contributed by atoms with van der Waals surface area (Å²) >= 11 is 0. The third-order valence-corrected chi connectivity index (χ3v) is 3.17. The molecule has 0 fully saturated rings. The molecule has 5 heteroatoms. The topological polar surface area (TPSA) is 69.6 Å². The van der Waals surface area contributed by atoms with E-state index in [2.05, 4.69) is 5.32 Å². The van der Waals surface area contributed by atoms with Gasteiger partial charge in [-0.3, -0.25) is 9.69 Å². The van der Waals surface area contributed by atoms with Gasteiger partial charge >= 0.3 is 5.97 Å². The molecule has 0 aliphatic heterocycles. The molecule has 1 unspecified atom stereocenters. The number of likely N-dealkylation sites (N-methyl/N-ethyl adjacent to an activating group) is 1. The van der Waals surface area contributed by atoms with Crippen molar-refractivity contribution < 1.29 is 14.7 Å². The zero-order valence-electron chi connectivity index (χ0n) is 12.1. The van der Waals surface area contributed by atoms with Gasteiger partial charge in [0.05, 0.1) is 6.04 Å². The molecule has 0 aliphatic carbocycles. The molecule has 0 saturated carbocycles.